The number of anilines is 1. The lowest BCUT2D eigenvalue weighted by molar-refractivity contribution is 0.271. The lowest BCUT2D eigenvalue weighted by Gasteiger charge is -2.22. The highest BCUT2D eigenvalue weighted by Crippen LogP contribution is 2.32. The number of nitrogens with one attached hydrogen (secondary N) is 2. The van der Waals surface area contributed by atoms with Crippen LogP contribution < -0.4 is 10.9 Å². The number of fused-ring (bicyclic) bond motifs is 1. The molecule has 10 nitrogen and oxygen atoms in total. The monoisotopic (exact) mass is 401 g/mol. The zero-order valence-electron chi connectivity index (χ0n) is 12.6. The highest BCUT2D eigenvalue weighted by molar-refractivity contribution is 7.86. The van der Waals surface area contributed by atoms with Gasteiger partial charge in [-0.2, -0.15) is 21.2 Å². The van der Waals surface area contributed by atoms with E-state index >= 15 is 0 Å². The summed E-state index contributed by atoms with van der Waals surface area (Å²) in [7, 11) is -9.44. The quantitative estimate of drug-likeness (QED) is 0.552. The summed E-state index contributed by atoms with van der Waals surface area (Å²) in [6, 6.07) is 5.69. The Balaban J connectivity index is 2.23. The average molecular weight is 401 g/mol. The molecule has 13 heteroatoms. The molecular formula is C13H10FN4O6S2. The zero-order valence-corrected chi connectivity index (χ0v) is 14.2. The first-order valence-electron chi connectivity index (χ1n) is 6.73. The van der Waals surface area contributed by atoms with Gasteiger partial charge in [0.05, 0.1) is 11.9 Å². The number of hydrogen-bond donors (Lipinski definition) is 4. The predicted molar refractivity (Wildman–Crippen MR) is 88.5 cm³/mol. The summed E-state index contributed by atoms with van der Waals surface area (Å²) in [6.07, 6.45) is 3.20. The van der Waals surface area contributed by atoms with Gasteiger partial charge < -0.3 is 0 Å². The lowest BCUT2D eigenvalue weighted by Crippen LogP contribution is -2.37. The largest absolute Gasteiger partial charge is 0.295 e. The molecule has 0 unspecified atom stereocenters. The van der Waals surface area contributed by atoms with Crippen molar-refractivity contribution in [3.63, 3.8) is 0 Å². The maximum atomic E-state index is 13.1. The average Bonchev–Trinajstić information content (AvgIpc) is 2.51. The molecule has 0 amide bonds. The van der Waals surface area contributed by atoms with Crippen molar-refractivity contribution in [1.82, 2.24) is 10.7 Å². The molecule has 0 aromatic heterocycles. The molecule has 0 fully saturated rings. The highest BCUT2D eigenvalue weighted by Gasteiger charge is 2.21. The molecule has 3 rings (SSSR count). The minimum atomic E-state index is -4.75. The number of hydrazine groups is 2. The third kappa shape index (κ3) is 3.60. The van der Waals surface area contributed by atoms with E-state index in [2.05, 4.69) is 22.2 Å². The summed E-state index contributed by atoms with van der Waals surface area (Å²) in [4.78, 5) is -1.19. The van der Waals surface area contributed by atoms with Crippen molar-refractivity contribution in [3.8, 4) is 0 Å². The number of nitrogens with zero attached hydrogens (tertiary/aromatic N) is 2. The van der Waals surface area contributed by atoms with Gasteiger partial charge in [0.1, 0.15) is 9.79 Å². The van der Waals surface area contributed by atoms with Crippen LogP contribution in [-0.2, 0) is 20.2 Å². The molecule has 2 aromatic carbocycles. The van der Waals surface area contributed by atoms with Crippen molar-refractivity contribution < 1.29 is 30.3 Å². The van der Waals surface area contributed by atoms with Crippen LogP contribution >= 0.6 is 0 Å². The van der Waals surface area contributed by atoms with Crippen LogP contribution in [-0.4, -0.2) is 37.1 Å². The van der Waals surface area contributed by atoms with Crippen LogP contribution in [0.25, 0.3) is 10.8 Å². The van der Waals surface area contributed by atoms with Crippen molar-refractivity contribution in [2.45, 2.75) is 9.79 Å². The lowest BCUT2D eigenvalue weighted by atomic mass is 10.1. The van der Waals surface area contributed by atoms with E-state index in [1.54, 1.807) is 0 Å². The first-order chi connectivity index (χ1) is 12.1. The smallest absolute Gasteiger partial charge is 0.282 e. The topological polar surface area (TPSA) is 148 Å². The van der Waals surface area contributed by atoms with Crippen LogP contribution in [0.15, 0.2) is 51.3 Å². The van der Waals surface area contributed by atoms with Gasteiger partial charge in [-0.15, -0.1) is 10.3 Å². The van der Waals surface area contributed by atoms with Crippen molar-refractivity contribution in [1.29, 1.82) is 0 Å². The number of allylic oxidation sites excluding steroid dienone is 1. The van der Waals surface area contributed by atoms with Crippen LogP contribution in [0.3, 0.4) is 0 Å². The normalized spacial score (nSPS) is 14.9. The number of rotatable bonds is 4. The second kappa shape index (κ2) is 6.21. The first-order valence-corrected chi connectivity index (χ1v) is 9.61. The second-order valence-electron chi connectivity index (χ2n) is 5.02. The summed E-state index contributed by atoms with van der Waals surface area (Å²) in [6.45, 7) is 0. The van der Waals surface area contributed by atoms with Crippen molar-refractivity contribution >= 4 is 42.7 Å². The minimum absolute atomic E-state index is 0.0750. The summed E-state index contributed by atoms with van der Waals surface area (Å²) >= 11 is 0. The Morgan fingerprint density at radius 3 is 2.38 bits per heavy atom. The van der Waals surface area contributed by atoms with E-state index in [1.165, 1.54) is 18.2 Å². The first kappa shape index (κ1) is 18.1. The fourth-order valence-corrected chi connectivity index (χ4v) is 3.73. The van der Waals surface area contributed by atoms with E-state index in [4.69, 9.17) is 0 Å². The SMILES string of the molecule is O=S(=O)(O)c1cc(NN2N=C(F)C=[C]N2)cc2c(S(=O)(=O)O)cccc12. The molecular weight excluding hydrogens is 391 g/mol. The number of halogens is 1. The second-order valence-corrected chi connectivity index (χ2v) is 7.80. The molecule has 137 valence electrons. The van der Waals surface area contributed by atoms with Crippen LogP contribution in [0, 0.1) is 6.20 Å². The molecule has 0 spiro atoms. The molecule has 1 heterocycles. The Labute approximate surface area is 147 Å². The van der Waals surface area contributed by atoms with Crippen molar-refractivity contribution in [2.24, 2.45) is 5.10 Å². The molecule has 0 aliphatic carbocycles. The van der Waals surface area contributed by atoms with E-state index in [0.29, 0.717) is 0 Å². The van der Waals surface area contributed by atoms with Gasteiger partial charge in [-0.05, 0) is 18.2 Å². The predicted octanol–water partition coefficient (Wildman–Crippen LogP) is 1.08. The van der Waals surface area contributed by atoms with Gasteiger partial charge in [0.2, 0.25) is 5.97 Å². The Bertz CT molecular complexity index is 1160. The summed E-state index contributed by atoms with van der Waals surface area (Å²) in [5.41, 5.74) is 4.74. The Morgan fingerprint density at radius 2 is 1.77 bits per heavy atom. The van der Waals surface area contributed by atoms with Crippen LogP contribution in [0.4, 0.5) is 10.1 Å². The van der Waals surface area contributed by atoms with Gasteiger partial charge in [-0.25, -0.2) is 0 Å². The van der Waals surface area contributed by atoms with Crippen LogP contribution in [0.2, 0.25) is 0 Å². The molecule has 0 saturated heterocycles. The summed E-state index contributed by atoms with van der Waals surface area (Å²) < 4.78 is 78.5. The fourth-order valence-electron chi connectivity index (χ4n) is 2.30. The molecule has 0 atom stereocenters. The Hall–Kier alpha value is -2.74. The Kier molecular flexibility index (Phi) is 4.31. The van der Waals surface area contributed by atoms with Gasteiger partial charge in [-0.1, -0.05) is 12.1 Å². The maximum absolute atomic E-state index is 13.1. The number of benzene rings is 2. The third-order valence-corrected chi connectivity index (χ3v) is 5.07. The zero-order chi connectivity index (χ0) is 19.1. The number of hydrazone groups is 1. The van der Waals surface area contributed by atoms with Gasteiger partial charge in [0, 0.05) is 16.8 Å². The molecule has 2 aromatic rings. The molecule has 1 aliphatic rings. The molecule has 4 N–H and O–H groups in total. The Morgan fingerprint density at radius 1 is 1.08 bits per heavy atom. The van der Waals surface area contributed by atoms with E-state index in [9.17, 15) is 30.3 Å². The van der Waals surface area contributed by atoms with Crippen LogP contribution in [0.1, 0.15) is 0 Å². The number of hydrogen-bond acceptors (Lipinski definition) is 8. The van der Waals surface area contributed by atoms with E-state index in [0.717, 1.165) is 23.4 Å². The maximum Gasteiger partial charge on any atom is 0.295 e. The van der Waals surface area contributed by atoms with Gasteiger partial charge in [-0.3, -0.25) is 20.0 Å². The minimum Gasteiger partial charge on any atom is -0.282 e. The van der Waals surface area contributed by atoms with Crippen molar-refractivity contribution in [2.75, 3.05) is 5.43 Å². The van der Waals surface area contributed by atoms with E-state index < -0.39 is 36.0 Å². The molecule has 1 radical (unpaired) electrons. The highest BCUT2D eigenvalue weighted by atomic mass is 32.2. The van der Waals surface area contributed by atoms with E-state index in [-0.39, 0.29) is 16.5 Å². The van der Waals surface area contributed by atoms with Gasteiger partial charge in [0.25, 0.3) is 20.2 Å². The fraction of sp³-hybridized carbons (Fsp3) is 0. The van der Waals surface area contributed by atoms with Crippen molar-refractivity contribution in [3.05, 3.63) is 42.6 Å². The molecule has 0 saturated carbocycles. The van der Waals surface area contributed by atoms with Gasteiger partial charge in [0.15, 0.2) is 0 Å². The molecule has 1 aliphatic heterocycles. The summed E-state index contributed by atoms with van der Waals surface area (Å²) in [5, 5.41) is 3.80. The van der Waals surface area contributed by atoms with Gasteiger partial charge >= 0.3 is 0 Å². The van der Waals surface area contributed by atoms with E-state index in [1.807, 2.05) is 0 Å². The standard InChI is InChI=1S/C13H10FN4O6S2/c14-13-4-5-15-18(17-13)16-8-6-10-9(12(7-8)26(22,23)24)2-1-3-11(10)25(19,20)21/h1-4,6-7,15-16H,(H,19,20,21)(H,22,23,24). The summed E-state index contributed by atoms with van der Waals surface area (Å²) in [5.74, 6) is -0.911. The van der Waals surface area contributed by atoms with Crippen LogP contribution in [0.5, 0.6) is 0 Å². The molecule has 0 bridgehead atoms. The molecule has 26 heavy (non-hydrogen) atoms. The third-order valence-electron chi connectivity index (χ3n) is 3.27.